The Morgan fingerprint density at radius 1 is 1.28 bits per heavy atom. The summed E-state index contributed by atoms with van der Waals surface area (Å²) in [6.45, 7) is 1.26. The van der Waals surface area contributed by atoms with Crippen LogP contribution in [0, 0.1) is 5.92 Å². The number of aliphatic hydroxyl groups is 1. The van der Waals surface area contributed by atoms with E-state index in [0.29, 0.717) is 30.5 Å². The van der Waals surface area contributed by atoms with E-state index in [0.717, 1.165) is 18.4 Å². The van der Waals surface area contributed by atoms with Gasteiger partial charge in [0.2, 0.25) is 6.79 Å². The van der Waals surface area contributed by atoms with E-state index in [4.69, 9.17) is 9.47 Å². The Morgan fingerprint density at radius 2 is 2.00 bits per heavy atom. The molecule has 1 atom stereocenters. The van der Waals surface area contributed by atoms with Gasteiger partial charge in [0.15, 0.2) is 11.5 Å². The van der Waals surface area contributed by atoms with E-state index in [9.17, 15) is 10.2 Å². The Hall–Kier alpha value is -1.46. The third-order valence-electron chi connectivity index (χ3n) is 3.41. The number of ether oxygens (including phenoxy) is 2. The van der Waals surface area contributed by atoms with Crippen LogP contribution in [0.5, 0.6) is 17.2 Å². The summed E-state index contributed by atoms with van der Waals surface area (Å²) in [6.07, 6.45) is 1.97. The monoisotopic (exact) mass is 251 g/mol. The predicted molar refractivity (Wildman–Crippen MR) is 64.7 cm³/mol. The molecule has 3 rings (SSSR count). The molecular formula is C13H17NO4. The zero-order chi connectivity index (χ0) is 12.5. The van der Waals surface area contributed by atoms with Crippen molar-refractivity contribution in [3.05, 3.63) is 17.7 Å². The van der Waals surface area contributed by atoms with Crippen LogP contribution in [0.25, 0.3) is 0 Å². The van der Waals surface area contributed by atoms with Gasteiger partial charge in [-0.05, 0) is 24.8 Å². The normalized spacial score (nSPS) is 18.9. The van der Waals surface area contributed by atoms with Crippen molar-refractivity contribution < 1.29 is 19.7 Å². The summed E-state index contributed by atoms with van der Waals surface area (Å²) >= 11 is 0. The number of nitrogens with one attached hydrogen (secondary N) is 1. The average Bonchev–Trinajstić information content (AvgIpc) is 3.10. The van der Waals surface area contributed by atoms with Crippen LogP contribution in [0.4, 0.5) is 0 Å². The van der Waals surface area contributed by atoms with Gasteiger partial charge in [-0.1, -0.05) is 0 Å². The number of hydrogen-bond donors (Lipinski definition) is 3. The molecule has 18 heavy (non-hydrogen) atoms. The van der Waals surface area contributed by atoms with E-state index in [1.54, 1.807) is 12.1 Å². The number of aromatic hydroxyl groups is 1. The highest BCUT2D eigenvalue weighted by Gasteiger charge is 2.29. The van der Waals surface area contributed by atoms with Crippen LogP contribution in [0.1, 0.15) is 18.4 Å². The van der Waals surface area contributed by atoms with Crippen LogP contribution in [-0.2, 0) is 6.54 Å². The second kappa shape index (κ2) is 4.66. The molecule has 1 aliphatic carbocycles. The van der Waals surface area contributed by atoms with Crippen molar-refractivity contribution in [2.45, 2.75) is 25.5 Å². The van der Waals surface area contributed by atoms with Gasteiger partial charge in [0, 0.05) is 24.7 Å². The highest BCUT2D eigenvalue weighted by molar-refractivity contribution is 5.51. The van der Waals surface area contributed by atoms with Crippen LogP contribution in [0.2, 0.25) is 0 Å². The van der Waals surface area contributed by atoms with Crippen molar-refractivity contribution in [1.82, 2.24) is 5.32 Å². The van der Waals surface area contributed by atoms with Crippen molar-refractivity contribution >= 4 is 0 Å². The quantitative estimate of drug-likeness (QED) is 0.727. The molecule has 1 saturated carbocycles. The van der Waals surface area contributed by atoms with Gasteiger partial charge in [0.25, 0.3) is 0 Å². The van der Waals surface area contributed by atoms with Gasteiger partial charge < -0.3 is 25.0 Å². The lowest BCUT2D eigenvalue weighted by molar-refractivity contribution is 0.148. The van der Waals surface area contributed by atoms with Crippen molar-refractivity contribution in [3.8, 4) is 17.2 Å². The summed E-state index contributed by atoms with van der Waals surface area (Å²) in [6, 6.07) is 3.34. The van der Waals surface area contributed by atoms with Gasteiger partial charge in [0.1, 0.15) is 5.75 Å². The van der Waals surface area contributed by atoms with Crippen LogP contribution < -0.4 is 14.8 Å². The molecule has 1 unspecified atom stereocenters. The number of phenols is 1. The molecule has 0 saturated heterocycles. The smallest absolute Gasteiger partial charge is 0.231 e. The first-order chi connectivity index (χ1) is 8.74. The lowest BCUT2D eigenvalue weighted by Gasteiger charge is -2.11. The molecule has 1 heterocycles. The molecule has 0 aromatic heterocycles. The lowest BCUT2D eigenvalue weighted by atomic mass is 10.1. The first kappa shape index (κ1) is 11.6. The van der Waals surface area contributed by atoms with Gasteiger partial charge in [-0.15, -0.1) is 0 Å². The zero-order valence-corrected chi connectivity index (χ0v) is 10.1. The van der Waals surface area contributed by atoms with Crippen molar-refractivity contribution in [2.24, 2.45) is 5.92 Å². The van der Waals surface area contributed by atoms with E-state index in [2.05, 4.69) is 5.32 Å². The molecule has 1 aliphatic heterocycles. The van der Waals surface area contributed by atoms with Crippen LogP contribution >= 0.6 is 0 Å². The molecule has 0 amide bonds. The number of rotatable bonds is 5. The fourth-order valence-corrected chi connectivity index (χ4v) is 2.12. The average molecular weight is 251 g/mol. The first-order valence-electron chi connectivity index (χ1n) is 6.24. The number of aliphatic hydroxyl groups excluding tert-OH is 1. The second-order valence-corrected chi connectivity index (χ2v) is 4.87. The number of hydrogen-bond acceptors (Lipinski definition) is 5. The Morgan fingerprint density at radius 3 is 2.72 bits per heavy atom. The molecule has 1 aromatic carbocycles. The maximum absolute atomic E-state index is 9.82. The Bertz CT molecular complexity index is 445. The third kappa shape index (κ3) is 2.37. The van der Waals surface area contributed by atoms with Crippen molar-refractivity contribution in [2.75, 3.05) is 13.3 Å². The van der Waals surface area contributed by atoms with Crippen molar-refractivity contribution in [1.29, 1.82) is 0 Å². The maximum Gasteiger partial charge on any atom is 0.231 e. The van der Waals surface area contributed by atoms with Gasteiger partial charge >= 0.3 is 0 Å². The van der Waals surface area contributed by atoms with E-state index < -0.39 is 0 Å². The summed E-state index contributed by atoms with van der Waals surface area (Å²) < 4.78 is 10.4. The molecule has 2 aliphatic rings. The summed E-state index contributed by atoms with van der Waals surface area (Å²) in [5, 5.41) is 22.7. The predicted octanol–water partition coefficient (Wildman–Crippen LogP) is 0.981. The molecule has 5 heteroatoms. The molecule has 1 fully saturated rings. The molecule has 1 aromatic rings. The standard InChI is InChI=1S/C13H17NO4/c15-10-4-13-12(17-7-18-13)3-9(10)5-14-6-11(16)8-1-2-8/h3-4,8,11,14-16H,1-2,5-7H2. The molecule has 0 radical (unpaired) electrons. The number of benzene rings is 1. The van der Waals surface area contributed by atoms with Gasteiger partial charge in [-0.3, -0.25) is 0 Å². The minimum absolute atomic E-state index is 0.188. The number of fused-ring (bicyclic) bond motifs is 1. The second-order valence-electron chi connectivity index (χ2n) is 4.87. The minimum Gasteiger partial charge on any atom is -0.507 e. The maximum atomic E-state index is 9.82. The van der Waals surface area contributed by atoms with Crippen molar-refractivity contribution in [3.63, 3.8) is 0 Å². The lowest BCUT2D eigenvalue weighted by Crippen LogP contribution is -2.27. The minimum atomic E-state index is -0.277. The number of phenolic OH excluding ortho intramolecular Hbond substituents is 1. The van der Waals surface area contributed by atoms with E-state index >= 15 is 0 Å². The molecule has 3 N–H and O–H groups in total. The first-order valence-corrected chi connectivity index (χ1v) is 6.24. The molecule has 0 bridgehead atoms. The van der Waals surface area contributed by atoms with Crippen LogP contribution in [0.15, 0.2) is 12.1 Å². The van der Waals surface area contributed by atoms with Crippen LogP contribution in [-0.4, -0.2) is 29.7 Å². The summed E-state index contributed by atoms with van der Waals surface area (Å²) in [7, 11) is 0. The largest absolute Gasteiger partial charge is 0.507 e. The van der Waals surface area contributed by atoms with E-state index in [1.807, 2.05) is 0 Å². The third-order valence-corrected chi connectivity index (χ3v) is 3.41. The van der Waals surface area contributed by atoms with Crippen LogP contribution in [0.3, 0.4) is 0 Å². The van der Waals surface area contributed by atoms with Gasteiger partial charge in [-0.25, -0.2) is 0 Å². The molecule has 98 valence electrons. The highest BCUT2D eigenvalue weighted by atomic mass is 16.7. The van der Waals surface area contributed by atoms with Gasteiger partial charge in [0.05, 0.1) is 6.10 Å². The van der Waals surface area contributed by atoms with E-state index in [1.165, 1.54) is 0 Å². The molecule has 5 nitrogen and oxygen atoms in total. The van der Waals surface area contributed by atoms with Gasteiger partial charge in [-0.2, -0.15) is 0 Å². The highest BCUT2D eigenvalue weighted by Crippen LogP contribution is 2.37. The fraction of sp³-hybridized carbons (Fsp3) is 0.538. The summed E-state index contributed by atoms with van der Waals surface area (Å²) in [5.74, 6) is 1.89. The fourth-order valence-electron chi connectivity index (χ4n) is 2.12. The summed E-state index contributed by atoms with van der Waals surface area (Å²) in [4.78, 5) is 0. The van der Waals surface area contributed by atoms with E-state index in [-0.39, 0.29) is 18.6 Å². The summed E-state index contributed by atoms with van der Waals surface area (Å²) in [5.41, 5.74) is 0.752. The SMILES string of the molecule is Oc1cc2c(cc1CNCC(O)C1CC1)OCO2. The Balaban J connectivity index is 1.58. The zero-order valence-electron chi connectivity index (χ0n) is 10.1. The molecule has 0 spiro atoms. The Labute approximate surface area is 105 Å². The Kier molecular flexibility index (Phi) is 3.01. The molecular weight excluding hydrogens is 234 g/mol. The topological polar surface area (TPSA) is 71.0 Å².